The van der Waals surface area contributed by atoms with E-state index in [9.17, 15) is 18.0 Å². The second kappa shape index (κ2) is 7.86. The number of carbonyl (C=O) groups is 2. The molecule has 0 aliphatic rings. The van der Waals surface area contributed by atoms with E-state index in [-0.39, 0.29) is 17.9 Å². The van der Waals surface area contributed by atoms with Gasteiger partial charge in [-0.05, 0) is 17.7 Å². The molecule has 2 rings (SSSR count). The smallest absolute Gasteiger partial charge is 0.356 e. The summed E-state index contributed by atoms with van der Waals surface area (Å²) in [6.45, 7) is 0.0963. The molecule has 0 radical (unpaired) electrons. The second-order valence-corrected chi connectivity index (χ2v) is 6.86. The molecule has 132 valence electrons. The molecular formula is C16H17N3O5S. The van der Waals surface area contributed by atoms with Crippen molar-refractivity contribution >= 4 is 22.1 Å². The number of ether oxygens (including phenoxy) is 1. The molecule has 0 fully saturated rings. The maximum atomic E-state index is 12.3. The zero-order chi connectivity index (χ0) is 18.4. The Morgan fingerprint density at radius 2 is 1.72 bits per heavy atom. The molecular weight excluding hydrogens is 346 g/mol. The molecule has 0 saturated carbocycles. The van der Waals surface area contributed by atoms with Gasteiger partial charge in [-0.1, -0.05) is 36.4 Å². The van der Waals surface area contributed by atoms with Gasteiger partial charge in [0.15, 0.2) is 0 Å². The topological polar surface area (TPSA) is 106 Å². The fraction of sp³-hybridized carbons (Fsp3) is 0.188. The summed E-state index contributed by atoms with van der Waals surface area (Å²) in [5, 5.41) is 0. The summed E-state index contributed by atoms with van der Waals surface area (Å²) in [4.78, 5) is 27.4. The van der Waals surface area contributed by atoms with E-state index < -0.39 is 22.1 Å². The van der Waals surface area contributed by atoms with Crippen LogP contribution >= 0.6 is 0 Å². The van der Waals surface area contributed by atoms with Gasteiger partial charge in [0.05, 0.1) is 7.11 Å². The van der Waals surface area contributed by atoms with Crippen LogP contribution in [0.15, 0.2) is 48.5 Å². The van der Waals surface area contributed by atoms with Gasteiger partial charge in [-0.15, -0.1) is 0 Å². The number of hydrogen-bond acceptors (Lipinski definition) is 6. The van der Waals surface area contributed by atoms with Crippen molar-refractivity contribution in [1.82, 2.24) is 14.0 Å². The van der Waals surface area contributed by atoms with Crippen molar-refractivity contribution in [2.75, 3.05) is 14.2 Å². The van der Waals surface area contributed by atoms with Gasteiger partial charge in [0, 0.05) is 13.6 Å². The average molecular weight is 363 g/mol. The number of hydrogen-bond donors (Lipinski definition) is 1. The monoisotopic (exact) mass is 363 g/mol. The number of nitrogens with zero attached hydrogens (tertiary/aromatic N) is 2. The number of benzene rings is 1. The number of amides is 1. The van der Waals surface area contributed by atoms with Gasteiger partial charge in [-0.2, -0.15) is 12.7 Å². The van der Waals surface area contributed by atoms with Crippen molar-refractivity contribution in [1.29, 1.82) is 0 Å². The summed E-state index contributed by atoms with van der Waals surface area (Å²) in [6.07, 6.45) is 0. The highest BCUT2D eigenvalue weighted by molar-refractivity contribution is 7.87. The average Bonchev–Trinajstić information content (AvgIpc) is 2.61. The first-order valence-corrected chi connectivity index (χ1v) is 8.65. The van der Waals surface area contributed by atoms with Crippen LogP contribution in [0.25, 0.3) is 0 Å². The van der Waals surface area contributed by atoms with Crippen LogP contribution in [-0.4, -0.2) is 43.7 Å². The third-order valence-corrected chi connectivity index (χ3v) is 4.65. The summed E-state index contributed by atoms with van der Waals surface area (Å²) in [5.74, 6) is -1.66. The van der Waals surface area contributed by atoms with E-state index in [0.717, 1.165) is 9.87 Å². The lowest BCUT2D eigenvalue weighted by Gasteiger charge is -2.17. The highest BCUT2D eigenvalue weighted by Gasteiger charge is 2.23. The Morgan fingerprint density at radius 1 is 1.08 bits per heavy atom. The van der Waals surface area contributed by atoms with Gasteiger partial charge in [0.2, 0.25) is 0 Å². The zero-order valence-corrected chi connectivity index (χ0v) is 14.5. The molecule has 1 aromatic carbocycles. The third-order valence-electron chi connectivity index (χ3n) is 3.26. The Hall–Kier alpha value is -2.78. The van der Waals surface area contributed by atoms with Crippen LogP contribution in [0.3, 0.4) is 0 Å². The molecule has 1 amide bonds. The molecule has 2 aromatic rings. The minimum absolute atomic E-state index is 0.0924. The Morgan fingerprint density at radius 3 is 2.36 bits per heavy atom. The standard InChI is InChI=1S/C16H17N3O5S/c1-19(11-12-7-4-3-5-8-12)25(22,23)18-15(20)13-9-6-10-14(17-13)16(21)24-2/h3-10H,11H2,1-2H3,(H,18,20). The molecule has 1 aromatic heterocycles. The Labute approximate surface area is 145 Å². The van der Waals surface area contributed by atoms with E-state index in [2.05, 4.69) is 9.72 Å². The summed E-state index contributed by atoms with van der Waals surface area (Å²) >= 11 is 0. The van der Waals surface area contributed by atoms with E-state index in [1.54, 1.807) is 24.3 Å². The molecule has 0 aliphatic heterocycles. The summed E-state index contributed by atoms with van der Waals surface area (Å²) in [5.41, 5.74) is 0.471. The molecule has 1 N–H and O–H groups in total. The van der Waals surface area contributed by atoms with Gasteiger partial charge in [-0.25, -0.2) is 14.5 Å². The lowest BCUT2D eigenvalue weighted by molar-refractivity contribution is 0.0594. The Balaban J connectivity index is 2.12. The van der Waals surface area contributed by atoms with Crippen LogP contribution in [0.5, 0.6) is 0 Å². The number of carbonyl (C=O) groups excluding carboxylic acids is 2. The Bertz CT molecular complexity index is 868. The molecule has 0 spiro atoms. The van der Waals surface area contributed by atoms with E-state index in [1.807, 2.05) is 10.8 Å². The lowest BCUT2D eigenvalue weighted by Crippen LogP contribution is -2.41. The molecule has 0 bridgehead atoms. The SMILES string of the molecule is COC(=O)c1cccc(C(=O)NS(=O)(=O)N(C)Cc2ccccc2)n1. The van der Waals surface area contributed by atoms with E-state index in [1.165, 1.54) is 32.4 Å². The second-order valence-electron chi connectivity index (χ2n) is 5.08. The van der Waals surface area contributed by atoms with Gasteiger partial charge >= 0.3 is 16.2 Å². The van der Waals surface area contributed by atoms with Gasteiger partial charge in [0.25, 0.3) is 5.91 Å². The lowest BCUT2D eigenvalue weighted by atomic mass is 10.2. The van der Waals surface area contributed by atoms with Crippen LogP contribution in [-0.2, 0) is 21.5 Å². The molecule has 0 aliphatic carbocycles. The van der Waals surface area contributed by atoms with Gasteiger partial charge in [0.1, 0.15) is 11.4 Å². The molecule has 25 heavy (non-hydrogen) atoms. The summed E-state index contributed by atoms with van der Waals surface area (Å²) in [7, 11) is -1.54. The number of rotatable bonds is 6. The number of esters is 1. The predicted octanol–water partition coefficient (Wildman–Crippen LogP) is 0.975. The first-order chi connectivity index (χ1) is 11.8. The van der Waals surface area contributed by atoms with Crippen molar-refractivity contribution in [2.24, 2.45) is 0 Å². The normalized spacial score (nSPS) is 11.2. The quantitative estimate of drug-likeness (QED) is 0.767. The maximum absolute atomic E-state index is 12.3. The van der Waals surface area contributed by atoms with Crippen LogP contribution in [0.1, 0.15) is 26.5 Å². The molecule has 0 saturated heterocycles. The minimum atomic E-state index is -4.07. The van der Waals surface area contributed by atoms with Crippen molar-refractivity contribution in [2.45, 2.75) is 6.54 Å². The fourth-order valence-electron chi connectivity index (χ4n) is 1.95. The van der Waals surface area contributed by atoms with Crippen LogP contribution in [0.2, 0.25) is 0 Å². The molecule has 8 nitrogen and oxygen atoms in total. The number of pyridine rings is 1. The third kappa shape index (κ3) is 4.85. The van der Waals surface area contributed by atoms with E-state index in [4.69, 9.17) is 0 Å². The highest BCUT2D eigenvalue weighted by Crippen LogP contribution is 2.07. The van der Waals surface area contributed by atoms with Crippen molar-refractivity contribution in [3.05, 3.63) is 65.5 Å². The van der Waals surface area contributed by atoms with E-state index >= 15 is 0 Å². The van der Waals surface area contributed by atoms with Crippen molar-refractivity contribution in [3.8, 4) is 0 Å². The molecule has 0 atom stereocenters. The fourth-order valence-corrected chi connectivity index (χ4v) is 2.77. The first-order valence-electron chi connectivity index (χ1n) is 7.21. The number of aromatic nitrogens is 1. The summed E-state index contributed by atoms with van der Waals surface area (Å²) in [6, 6.07) is 13.0. The van der Waals surface area contributed by atoms with Crippen molar-refractivity contribution < 1.29 is 22.7 Å². The van der Waals surface area contributed by atoms with Gasteiger partial charge in [-0.3, -0.25) is 4.79 Å². The highest BCUT2D eigenvalue weighted by atomic mass is 32.2. The molecule has 9 heteroatoms. The van der Waals surface area contributed by atoms with Crippen LogP contribution in [0, 0.1) is 0 Å². The van der Waals surface area contributed by atoms with Gasteiger partial charge < -0.3 is 4.74 Å². The first kappa shape index (κ1) is 18.6. The van der Waals surface area contributed by atoms with E-state index in [0.29, 0.717) is 0 Å². The largest absolute Gasteiger partial charge is 0.464 e. The van der Waals surface area contributed by atoms with Crippen LogP contribution in [0.4, 0.5) is 0 Å². The number of methoxy groups -OCH3 is 1. The minimum Gasteiger partial charge on any atom is -0.464 e. The Kier molecular flexibility index (Phi) is 5.84. The number of nitrogens with one attached hydrogen (secondary N) is 1. The van der Waals surface area contributed by atoms with Crippen molar-refractivity contribution in [3.63, 3.8) is 0 Å². The summed E-state index contributed by atoms with van der Waals surface area (Å²) < 4.78 is 32.0. The van der Waals surface area contributed by atoms with Crippen LogP contribution < -0.4 is 4.72 Å². The predicted molar refractivity (Wildman–Crippen MR) is 89.9 cm³/mol. The molecule has 1 heterocycles. The zero-order valence-electron chi connectivity index (χ0n) is 13.7. The maximum Gasteiger partial charge on any atom is 0.356 e. The molecule has 0 unspecified atom stereocenters.